The van der Waals surface area contributed by atoms with Gasteiger partial charge in [-0.05, 0) is 25.7 Å². The molecule has 0 aliphatic heterocycles. The highest BCUT2D eigenvalue weighted by Crippen LogP contribution is 2.30. The van der Waals surface area contributed by atoms with Gasteiger partial charge >= 0.3 is 11.9 Å². The Hall–Kier alpha value is -1.50. The molecule has 0 atom stereocenters. The largest absolute Gasteiger partial charge is 0.469 e. The van der Waals surface area contributed by atoms with Crippen molar-refractivity contribution >= 4 is 11.9 Å². The lowest BCUT2D eigenvalue weighted by molar-refractivity contribution is -0.150. The van der Waals surface area contributed by atoms with E-state index in [1.54, 1.807) is 0 Å². The molecule has 1 aliphatic rings. The number of hydrogen-bond donors (Lipinski definition) is 0. The van der Waals surface area contributed by atoms with Gasteiger partial charge in [-0.3, -0.25) is 9.59 Å². The van der Waals surface area contributed by atoms with Gasteiger partial charge in [0.2, 0.25) is 0 Å². The van der Waals surface area contributed by atoms with Gasteiger partial charge in [-0.2, -0.15) is 0 Å². The highest BCUT2D eigenvalue weighted by atomic mass is 16.5. The molecule has 0 saturated heterocycles. The van der Waals surface area contributed by atoms with Crippen LogP contribution in [0.25, 0.3) is 0 Å². The Kier molecular flexibility index (Phi) is 4.17. The molecule has 1 saturated carbocycles. The summed E-state index contributed by atoms with van der Waals surface area (Å²) in [6.45, 7) is 0. The van der Waals surface area contributed by atoms with Gasteiger partial charge in [0.1, 0.15) is 6.11 Å². The highest BCUT2D eigenvalue weighted by Gasteiger charge is 2.31. The maximum atomic E-state index is 11.3. The molecule has 0 radical (unpaired) electrons. The molecule has 0 spiro atoms. The first kappa shape index (κ1) is 11.6. The summed E-state index contributed by atoms with van der Waals surface area (Å²) in [5, 5.41) is 0. The second-order valence-corrected chi connectivity index (χ2v) is 3.61. The van der Waals surface area contributed by atoms with Crippen molar-refractivity contribution in [3.63, 3.8) is 0 Å². The number of methoxy groups -OCH3 is 1. The van der Waals surface area contributed by atoms with Crippen LogP contribution in [0.3, 0.4) is 0 Å². The normalized spacial score (nSPS) is 25.1. The predicted molar refractivity (Wildman–Crippen MR) is 52.4 cm³/mol. The van der Waals surface area contributed by atoms with Crippen molar-refractivity contribution < 1.29 is 19.1 Å². The molecule has 0 bridgehead atoms. The van der Waals surface area contributed by atoms with Crippen LogP contribution in [0, 0.1) is 24.4 Å². The highest BCUT2D eigenvalue weighted by molar-refractivity contribution is 5.75. The Morgan fingerprint density at radius 1 is 1.13 bits per heavy atom. The Labute approximate surface area is 88.9 Å². The zero-order chi connectivity index (χ0) is 11.3. The van der Waals surface area contributed by atoms with E-state index in [1.165, 1.54) is 7.11 Å². The summed E-state index contributed by atoms with van der Waals surface area (Å²) in [4.78, 5) is 22.5. The van der Waals surface area contributed by atoms with E-state index in [4.69, 9.17) is 6.42 Å². The lowest BCUT2D eigenvalue weighted by atomic mass is 9.82. The number of rotatable bonds is 2. The first-order valence-corrected chi connectivity index (χ1v) is 4.93. The van der Waals surface area contributed by atoms with Gasteiger partial charge in [-0.25, -0.2) is 0 Å². The number of carbonyl (C=O) groups excluding carboxylic acids is 2. The molecule has 0 unspecified atom stereocenters. The molecule has 0 aromatic heterocycles. The summed E-state index contributed by atoms with van der Waals surface area (Å²) in [5.41, 5.74) is 0. The molecule has 0 heterocycles. The van der Waals surface area contributed by atoms with E-state index in [-0.39, 0.29) is 23.8 Å². The van der Waals surface area contributed by atoms with Crippen LogP contribution in [0.5, 0.6) is 0 Å². The van der Waals surface area contributed by atoms with Crippen LogP contribution in [-0.2, 0) is 19.1 Å². The van der Waals surface area contributed by atoms with Crippen LogP contribution in [0.15, 0.2) is 0 Å². The van der Waals surface area contributed by atoms with Crippen LogP contribution in [0.1, 0.15) is 25.7 Å². The molecular formula is C11H14O4. The van der Waals surface area contributed by atoms with E-state index in [0.29, 0.717) is 25.7 Å². The number of esters is 2. The molecule has 0 amide bonds. The second-order valence-electron chi connectivity index (χ2n) is 3.61. The Morgan fingerprint density at radius 3 is 2.00 bits per heavy atom. The number of ether oxygens (including phenoxy) is 2. The minimum Gasteiger partial charge on any atom is -0.469 e. The van der Waals surface area contributed by atoms with Crippen LogP contribution >= 0.6 is 0 Å². The van der Waals surface area contributed by atoms with E-state index in [0.717, 1.165) is 0 Å². The average Bonchev–Trinajstić information content (AvgIpc) is 2.28. The minimum atomic E-state index is -0.360. The van der Waals surface area contributed by atoms with E-state index in [9.17, 15) is 9.59 Å². The number of terminal acetylenes is 1. The van der Waals surface area contributed by atoms with Crippen LogP contribution in [0.2, 0.25) is 0 Å². The SMILES string of the molecule is C#COC(=O)C1CCC(C(=O)OC)CC1. The Balaban J connectivity index is 2.39. The van der Waals surface area contributed by atoms with Gasteiger partial charge in [0.25, 0.3) is 0 Å². The quantitative estimate of drug-likeness (QED) is 0.506. The molecule has 4 heteroatoms. The van der Waals surface area contributed by atoms with Gasteiger partial charge in [0, 0.05) is 0 Å². The Morgan fingerprint density at radius 2 is 1.60 bits per heavy atom. The molecule has 1 aliphatic carbocycles. The lowest BCUT2D eigenvalue weighted by Gasteiger charge is -2.24. The first-order valence-electron chi connectivity index (χ1n) is 4.93. The fraction of sp³-hybridized carbons (Fsp3) is 0.636. The zero-order valence-electron chi connectivity index (χ0n) is 8.69. The Bertz CT molecular complexity index is 281. The van der Waals surface area contributed by atoms with Crippen LogP contribution in [-0.4, -0.2) is 19.0 Å². The summed E-state index contributed by atoms with van der Waals surface area (Å²) in [6.07, 6.45) is 9.34. The smallest absolute Gasteiger partial charge is 0.322 e. The van der Waals surface area contributed by atoms with Crippen molar-refractivity contribution in [2.45, 2.75) is 25.7 Å². The summed E-state index contributed by atoms with van der Waals surface area (Å²) in [7, 11) is 1.38. The monoisotopic (exact) mass is 210 g/mol. The molecule has 0 aromatic carbocycles. The third-order valence-electron chi connectivity index (χ3n) is 2.75. The van der Waals surface area contributed by atoms with Crippen molar-refractivity contribution in [1.82, 2.24) is 0 Å². The van der Waals surface area contributed by atoms with Gasteiger partial charge in [0.15, 0.2) is 0 Å². The fourth-order valence-corrected chi connectivity index (χ4v) is 1.87. The number of carbonyl (C=O) groups is 2. The molecule has 15 heavy (non-hydrogen) atoms. The summed E-state index contributed by atoms with van der Waals surface area (Å²) in [5.74, 6) is -0.800. The van der Waals surface area contributed by atoms with E-state index >= 15 is 0 Å². The molecule has 0 N–H and O–H groups in total. The zero-order valence-corrected chi connectivity index (χ0v) is 8.69. The summed E-state index contributed by atoms with van der Waals surface area (Å²) < 4.78 is 9.12. The standard InChI is InChI=1S/C11H14O4/c1-3-15-11(13)9-6-4-8(5-7-9)10(12)14-2/h1,8-9H,4-7H2,2H3. The van der Waals surface area contributed by atoms with Gasteiger partial charge in [0.05, 0.1) is 18.9 Å². The van der Waals surface area contributed by atoms with Crippen LogP contribution < -0.4 is 0 Å². The molecule has 4 nitrogen and oxygen atoms in total. The minimum absolute atomic E-state index is 0.0788. The lowest BCUT2D eigenvalue weighted by Crippen LogP contribution is -2.27. The average molecular weight is 210 g/mol. The van der Waals surface area contributed by atoms with E-state index < -0.39 is 0 Å². The third-order valence-corrected chi connectivity index (χ3v) is 2.75. The van der Waals surface area contributed by atoms with E-state index in [1.807, 2.05) is 6.11 Å². The van der Waals surface area contributed by atoms with Crippen molar-refractivity contribution in [3.8, 4) is 12.5 Å². The molecular weight excluding hydrogens is 196 g/mol. The maximum Gasteiger partial charge on any atom is 0.322 e. The van der Waals surface area contributed by atoms with Gasteiger partial charge < -0.3 is 9.47 Å². The fourth-order valence-electron chi connectivity index (χ4n) is 1.87. The van der Waals surface area contributed by atoms with Crippen molar-refractivity contribution in [2.75, 3.05) is 7.11 Å². The molecule has 1 fully saturated rings. The van der Waals surface area contributed by atoms with Crippen molar-refractivity contribution in [3.05, 3.63) is 0 Å². The summed E-state index contributed by atoms with van der Waals surface area (Å²) in [6, 6.07) is 0. The molecule has 1 rings (SSSR count). The third kappa shape index (κ3) is 2.98. The van der Waals surface area contributed by atoms with Crippen molar-refractivity contribution in [2.24, 2.45) is 11.8 Å². The molecule has 0 aromatic rings. The maximum absolute atomic E-state index is 11.3. The van der Waals surface area contributed by atoms with Crippen LogP contribution in [0.4, 0.5) is 0 Å². The first-order chi connectivity index (χ1) is 7.19. The number of hydrogen-bond acceptors (Lipinski definition) is 4. The van der Waals surface area contributed by atoms with Crippen molar-refractivity contribution in [1.29, 1.82) is 0 Å². The van der Waals surface area contributed by atoms with Gasteiger partial charge in [-0.1, -0.05) is 6.42 Å². The van der Waals surface area contributed by atoms with E-state index in [2.05, 4.69) is 9.47 Å². The second kappa shape index (κ2) is 5.40. The van der Waals surface area contributed by atoms with Gasteiger partial charge in [-0.15, -0.1) is 0 Å². The summed E-state index contributed by atoms with van der Waals surface area (Å²) >= 11 is 0. The molecule has 82 valence electrons. The topological polar surface area (TPSA) is 52.6 Å². The predicted octanol–water partition coefficient (Wildman–Crippen LogP) is 1.10.